The standard InChI is InChI=1S/C28H41FN2O6/c1-16(27(2,3)4)30-24(32)18-8-7-9-21(18)31-25(33)19-14-23(20(29)15-22(19)36-6)37-17-10-12-28(5,13-11-17)26(34)35/h14-18,21H,7-13H2,1-6H3,(H,30,32)(H,31,33)(H,34,35). The van der Waals surface area contributed by atoms with Gasteiger partial charge in [0, 0.05) is 18.2 Å². The van der Waals surface area contributed by atoms with Crippen LogP contribution < -0.4 is 20.1 Å². The van der Waals surface area contributed by atoms with Crippen LogP contribution in [0.2, 0.25) is 0 Å². The van der Waals surface area contributed by atoms with Gasteiger partial charge in [0.1, 0.15) is 5.75 Å². The van der Waals surface area contributed by atoms with Crippen LogP contribution in [0.25, 0.3) is 0 Å². The summed E-state index contributed by atoms with van der Waals surface area (Å²) < 4.78 is 26.0. The van der Waals surface area contributed by atoms with Gasteiger partial charge in [0.25, 0.3) is 5.91 Å². The minimum Gasteiger partial charge on any atom is -0.496 e. The van der Waals surface area contributed by atoms with Crippen molar-refractivity contribution in [1.29, 1.82) is 0 Å². The molecule has 9 heteroatoms. The zero-order chi connectivity index (χ0) is 27.5. The quantitative estimate of drug-likeness (QED) is 0.458. The molecule has 3 unspecified atom stereocenters. The molecule has 2 fully saturated rings. The lowest BCUT2D eigenvalue weighted by Crippen LogP contribution is -2.49. The molecule has 0 aromatic heterocycles. The average Bonchev–Trinajstić information content (AvgIpc) is 3.28. The van der Waals surface area contributed by atoms with E-state index in [0.717, 1.165) is 12.5 Å². The third-order valence-electron chi connectivity index (χ3n) is 8.17. The highest BCUT2D eigenvalue weighted by atomic mass is 19.1. The summed E-state index contributed by atoms with van der Waals surface area (Å²) in [5.41, 5.74) is -0.771. The molecule has 2 saturated carbocycles. The van der Waals surface area contributed by atoms with E-state index in [1.54, 1.807) is 6.92 Å². The molecule has 0 aliphatic heterocycles. The lowest BCUT2D eigenvalue weighted by atomic mass is 9.75. The number of ether oxygens (including phenoxy) is 2. The normalized spacial score (nSPS) is 26.7. The van der Waals surface area contributed by atoms with E-state index in [9.17, 15) is 23.9 Å². The van der Waals surface area contributed by atoms with Crippen LogP contribution in [0, 0.1) is 22.6 Å². The molecule has 8 nitrogen and oxygen atoms in total. The maximum atomic E-state index is 14.8. The first-order chi connectivity index (χ1) is 17.2. The zero-order valence-corrected chi connectivity index (χ0v) is 22.8. The van der Waals surface area contributed by atoms with Crippen molar-refractivity contribution in [3.05, 3.63) is 23.5 Å². The van der Waals surface area contributed by atoms with Crippen LogP contribution in [-0.4, -0.2) is 48.2 Å². The number of hydrogen-bond donors (Lipinski definition) is 3. The second-order valence-electron chi connectivity index (χ2n) is 11.9. The molecule has 2 aliphatic carbocycles. The molecule has 2 amide bonds. The molecular formula is C28H41FN2O6. The van der Waals surface area contributed by atoms with Crippen LogP contribution in [-0.2, 0) is 9.59 Å². The van der Waals surface area contributed by atoms with Gasteiger partial charge in [-0.25, -0.2) is 4.39 Å². The molecule has 1 aromatic carbocycles. The van der Waals surface area contributed by atoms with Crippen molar-refractivity contribution in [3.8, 4) is 11.5 Å². The van der Waals surface area contributed by atoms with Gasteiger partial charge in [-0.1, -0.05) is 27.2 Å². The highest BCUT2D eigenvalue weighted by molar-refractivity contribution is 5.98. The molecule has 2 aliphatic rings. The SMILES string of the molecule is COc1cc(F)c(OC2CCC(C)(C(=O)O)CC2)cc1C(=O)NC1CCCC1C(=O)NC(C)C(C)(C)C. The first-order valence-electron chi connectivity index (χ1n) is 13.1. The molecular weight excluding hydrogens is 479 g/mol. The van der Waals surface area contributed by atoms with E-state index in [0.29, 0.717) is 38.5 Å². The minimum absolute atomic E-state index is 0.0259. The Balaban J connectivity index is 1.71. The van der Waals surface area contributed by atoms with Gasteiger partial charge in [-0.05, 0) is 63.9 Å². The third-order valence-corrected chi connectivity index (χ3v) is 8.17. The predicted octanol–water partition coefficient (Wildman–Crippen LogP) is 4.70. The third kappa shape index (κ3) is 6.73. The summed E-state index contributed by atoms with van der Waals surface area (Å²) >= 11 is 0. The van der Waals surface area contributed by atoms with Gasteiger partial charge in [0.05, 0.1) is 30.1 Å². The first-order valence-corrected chi connectivity index (χ1v) is 13.1. The lowest BCUT2D eigenvalue weighted by molar-refractivity contribution is -0.150. The van der Waals surface area contributed by atoms with E-state index in [-0.39, 0.29) is 52.5 Å². The van der Waals surface area contributed by atoms with E-state index in [4.69, 9.17) is 9.47 Å². The van der Waals surface area contributed by atoms with Crippen molar-refractivity contribution < 1.29 is 33.4 Å². The van der Waals surface area contributed by atoms with Crippen molar-refractivity contribution in [2.75, 3.05) is 7.11 Å². The van der Waals surface area contributed by atoms with Crippen molar-refractivity contribution in [3.63, 3.8) is 0 Å². The van der Waals surface area contributed by atoms with Crippen LogP contribution >= 0.6 is 0 Å². The van der Waals surface area contributed by atoms with Crippen LogP contribution in [0.3, 0.4) is 0 Å². The van der Waals surface area contributed by atoms with E-state index in [1.165, 1.54) is 13.2 Å². The molecule has 0 spiro atoms. The monoisotopic (exact) mass is 520 g/mol. The molecule has 1 aromatic rings. The molecule has 3 N–H and O–H groups in total. The van der Waals surface area contributed by atoms with Gasteiger partial charge in [-0.15, -0.1) is 0 Å². The number of carboxylic acid groups (broad SMARTS) is 1. The molecule has 0 saturated heterocycles. The molecule has 0 radical (unpaired) electrons. The number of carbonyl (C=O) groups is 3. The second-order valence-corrected chi connectivity index (χ2v) is 11.9. The van der Waals surface area contributed by atoms with Crippen molar-refractivity contribution >= 4 is 17.8 Å². The van der Waals surface area contributed by atoms with E-state index >= 15 is 0 Å². The number of carbonyl (C=O) groups excluding carboxylic acids is 2. The van der Waals surface area contributed by atoms with Gasteiger partial charge in [0.2, 0.25) is 5.91 Å². The molecule has 3 rings (SSSR count). The fourth-order valence-corrected chi connectivity index (χ4v) is 4.94. The van der Waals surface area contributed by atoms with Gasteiger partial charge in [0.15, 0.2) is 11.6 Å². The summed E-state index contributed by atoms with van der Waals surface area (Å²) in [5, 5.41) is 15.5. The van der Waals surface area contributed by atoms with Gasteiger partial charge < -0.3 is 25.2 Å². The van der Waals surface area contributed by atoms with Crippen LogP contribution in [0.5, 0.6) is 11.5 Å². The Hall–Kier alpha value is -2.84. The minimum atomic E-state index is -0.840. The number of nitrogens with one attached hydrogen (secondary N) is 2. The Kier molecular flexibility index (Phi) is 8.75. The number of carboxylic acids is 1. The predicted molar refractivity (Wildman–Crippen MR) is 137 cm³/mol. The number of aliphatic carboxylic acids is 1. The molecule has 206 valence electrons. The number of benzene rings is 1. The second kappa shape index (κ2) is 11.3. The van der Waals surface area contributed by atoms with Crippen LogP contribution in [0.15, 0.2) is 12.1 Å². The van der Waals surface area contributed by atoms with Gasteiger partial charge >= 0.3 is 5.97 Å². The number of methoxy groups -OCH3 is 1. The fraction of sp³-hybridized carbons (Fsp3) is 0.679. The topological polar surface area (TPSA) is 114 Å². The van der Waals surface area contributed by atoms with Crippen molar-refractivity contribution in [2.45, 2.75) is 97.8 Å². The number of halogens is 1. The average molecular weight is 521 g/mol. The smallest absolute Gasteiger partial charge is 0.309 e. The summed E-state index contributed by atoms with van der Waals surface area (Å²) in [5.74, 6) is -2.38. The Morgan fingerprint density at radius 2 is 1.76 bits per heavy atom. The lowest BCUT2D eigenvalue weighted by Gasteiger charge is -2.34. The molecule has 0 bridgehead atoms. The Labute approximate surface area is 218 Å². The maximum absolute atomic E-state index is 14.8. The Morgan fingerprint density at radius 1 is 1.11 bits per heavy atom. The zero-order valence-electron chi connectivity index (χ0n) is 22.8. The number of rotatable bonds is 8. The van der Waals surface area contributed by atoms with E-state index < -0.39 is 23.1 Å². The summed E-state index contributed by atoms with van der Waals surface area (Å²) in [4.78, 5) is 37.8. The highest BCUT2D eigenvalue weighted by Gasteiger charge is 2.39. The van der Waals surface area contributed by atoms with Crippen LogP contribution in [0.1, 0.15) is 89.9 Å². The Morgan fingerprint density at radius 3 is 2.32 bits per heavy atom. The highest BCUT2D eigenvalue weighted by Crippen LogP contribution is 2.39. The van der Waals surface area contributed by atoms with Crippen molar-refractivity contribution in [2.24, 2.45) is 16.7 Å². The van der Waals surface area contributed by atoms with Crippen LogP contribution in [0.4, 0.5) is 4.39 Å². The van der Waals surface area contributed by atoms with E-state index in [1.807, 2.05) is 6.92 Å². The van der Waals surface area contributed by atoms with Crippen molar-refractivity contribution in [1.82, 2.24) is 10.6 Å². The summed E-state index contributed by atoms with van der Waals surface area (Å²) in [7, 11) is 1.36. The summed E-state index contributed by atoms with van der Waals surface area (Å²) in [6.07, 6.45) is 3.62. The largest absolute Gasteiger partial charge is 0.496 e. The maximum Gasteiger partial charge on any atom is 0.309 e. The first kappa shape index (κ1) is 28.7. The van der Waals surface area contributed by atoms with Gasteiger partial charge in [-0.2, -0.15) is 0 Å². The fourth-order valence-electron chi connectivity index (χ4n) is 4.94. The molecule has 0 heterocycles. The Bertz CT molecular complexity index is 1010. The van der Waals surface area contributed by atoms with E-state index in [2.05, 4.69) is 31.4 Å². The van der Waals surface area contributed by atoms with Gasteiger partial charge in [-0.3, -0.25) is 14.4 Å². The molecule has 3 atom stereocenters. The molecule has 37 heavy (non-hydrogen) atoms. The number of hydrogen-bond acceptors (Lipinski definition) is 5. The summed E-state index contributed by atoms with van der Waals surface area (Å²) in [6, 6.07) is 2.09. The number of amides is 2. The summed E-state index contributed by atoms with van der Waals surface area (Å²) in [6.45, 7) is 9.86.